The Bertz CT molecular complexity index is 648. The Labute approximate surface area is 122 Å². The quantitative estimate of drug-likeness (QED) is 0.887. The van der Waals surface area contributed by atoms with E-state index in [4.69, 9.17) is 4.74 Å². The minimum absolute atomic E-state index is 0.0458. The number of halogens is 1. The zero-order valence-electron chi connectivity index (χ0n) is 11.8. The Morgan fingerprint density at radius 1 is 1.48 bits per heavy atom. The first kappa shape index (κ1) is 15.7. The van der Waals surface area contributed by atoms with E-state index in [-0.39, 0.29) is 17.5 Å². The SMILES string of the molecule is Cc1cc(F)ccc1S(=O)(=O)NCCC1CN(C)C(=O)O1. The fourth-order valence-electron chi connectivity index (χ4n) is 2.15. The lowest BCUT2D eigenvalue weighted by molar-refractivity contribution is 0.131. The summed E-state index contributed by atoms with van der Waals surface area (Å²) < 4.78 is 44.7. The van der Waals surface area contributed by atoms with Gasteiger partial charge in [0.05, 0.1) is 11.4 Å². The summed E-state index contributed by atoms with van der Waals surface area (Å²) in [5, 5.41) is 0. The number of amides is 1. The first-order valence-electron chi connectivity index (χ1n) is 6.47. The molecular weight excluding hydrogens is 299 g/mol. The van der Waals surface area contributed by atoms with Gasteiger partial charge in [0.15, 0.2) is 0 Å². The van der Waals surface area contributed by atoms with Crippen LogP contribution in [0.15, 0.2) is 23.1 Å². The maximum Gasteiger partial charge on any atom is 0.409 e. The van der Waals surface area contributed by atoms with Crippen molar-refractivity contribution in [1.29, 1.82) is 0 Å². The maximum absolute atomic E-state index is 13.0. The molecule has 8 heteroatoms. The average Bonchev–Trinajstić information content (AvgIpc) is 2.67. The van der Waals surface area contributed by atoms with Gasteiger partial charge in [-0.25, -0.2) is 22.3 Å². The van der Waals surface area contributed by atoms with Gasteiger partial charge in [0.1, 0.15) is 11.9 Å². The molecule has 6 nitrogen and oxygen atoms in total. The van der Waals surface area contributed by atoms with E-state index in [1.54, 1.807) is 7.05 Å². The summed E-state index contributed by atoms with van der Waals surface area (Å²) in [4.78, 5) is 12.7. The molecule has 0 aliphatic carbocycles. The van der Waals surface area contributed by atoms with Gasteiger partial charge in [-0.2, -0.15) is 0 Å². The first-order chi connectivity index (χ1) is 9.79. The highest BCUT2D eigenvalue weighted by Gasteiger charge is 2.28. The third-order valence-corrected chi connectivity index (χ3v) is 4.86. The van der Waals surface area contributed by atoms with Gasteiger partial charge in [-0.05, 0) is 37.1 Å². The number of carbonyl (C=O) groups excluding carboxylic acids is 1. The topological polar surface area (TPSA) is 75.7 Å². The summed E-state index contributed by atoms with van der Waals surface area (Å²) in [7, 11) is -2.08. The van der Waals surface area contributed by atoms with Crippen LogP contribution < -0.4 is 4.72 Å². The molecule has 2 rings (SSSR count). The molecule has 0 bridgehead atoms. The van der Waals surface area contributed by atoms with Crippen molar-refractivity contribution in [2.24, 2.45) is 0 Å². The predicted molar refractivity (Wildman–Crippen MR) is 73.8 cm³/mol. The highest BCUT2D eigenvalue weighted by atomic mass is 32.2. The Morgan fingerprint density at radius 3 is 2.76 bits per heavy atom. The fraction of sp³-hybridized carbons (Fsp3) is 0.462. The molecule has 1 heterocycles. The van der Waals surface area contributed by atoms with Gasteiger partial charge in [-0.3, -0.25) is 0 Å². The average molecular weight is 316 g/mol. The Hall–Kier alpha value is -1.67. The zero-order valence-corrected chi connectivity index (χ0v) is 12.6. The number of ether oxygens (including phenoxy) is 1. The number of hydrogen-bond acceptors (Lipinski definition) is 4. The van der Waals surface area contributed by atoms with Crippen molar-refractivity contribution in [2.45, 2.75) is 24.3 Å². The van der Waals surface area contributed by atoms with Gasteiger partial charge in [0, 0.05) is 13.6 Å². The van der Waals surface area contributed by atoms with E-state index in [0.29, 0.717) is 18.5 Å². The molecule has 0 radical (unpaired) electrons. The summed E-state index contributed by atoms with van der Waals surface area (Å²) in [6, 6.07) is 3.51. The van der Waals surface area contributed by atoms with Crippen LogP contribution in [0.4, 0.5) is 9.18 Å². The minimum Gasteiger partial charge on any atom is -0.444 e. The molecule has 1 aliphatic heterocycles. The molecule has 0 spiro atoms. The monoisotopic (exact) mass is 316 g/mol. The van der Waals surface area contributed by atoms with E-state index in [9.17, 15) is 17.6 Å². The number of aryl methyl sites for hydroxylation is 1. The second kappa shape index (κ2) is 5.98. The van der Waals surface area contributed by atoms with Gasteiger partial charge in [-0.1, -0.05) is 0 Å². The molecule has 1 atom stereocenters. The second-order valence-corrected chi connectivity index (χ2v) is 6.72. The van der Waals surface area contributed by atoms with Crippen LogP contribution in [0.2, 0.25) is 0 Å². The minimum atomic E-state index is -3.70. The highest BCUT2D eigenvalue weighted by molar-refractivity contribution is 7.89. The van der Waals surface area contributed by atoms with Gasteiger partial charge in [0.2, 0.25) is 10.0 Å². The summed E-state index contributed by atoms with van der Waals surface area (Å²) in [5.74, 6) is -0.479. The second-order valence-electron chi connectivity index (χ2n) is 4.98. The van der Waals surface area contributed by atoms with Crippen LogP contribution in [-0.2, 0) is 14.8 Å². The maximum atomic E-state index is 13.0. The van der Waals surface area contributed by atoms with Gasteiger partial charge in [0.25, 0.3) is 0 Å². The predicted octanol–water partition coefficient (Wildman–Crippen LogP) is 1.25. The van der Waals surface area contributed by atoms with E-state index >= 15 is 0 Å². The molecule has 1 aromatic carbocycles. The van der Waals surface area contributed by atoms with E-state index in [0.717, 1.165) is 6.07 Å². The Morgan fingerprint density at radius 2 is 2.19 bits per heavy atom. The largest absolute Gasteiger partial charge is 0.444 e. The third kappa shape index (κ3) is 3.70. The first-order valence-corrected chi connectivity index (χ1v) is 7.95. The van der Waals surface area contributed by atoms with Crippen molar-refractivity contribution in [1.82, 2.24) is 9.62 Å². The molecule has 1 amide bonds. The van der Waals surface area contributed by atoms with E-state index in [2.05, 4.69) is 4.72 Å². The standard InChI is InChI=1S/C13H17FN2O4S/c1-9-7-10(14)3-4-12(9)21(18,19)15-6-5-11-8-16(2)13(17)20-11/h3-4,7,11,15H,5-6,8H2,1-2H3. The van der Waals surface area contributed by atoms with Crippen molar-refractivity contribution in [3.8, 4) is 0 Å². The molecule has 21 heavy (non-hydrogen) atoms. The molecule has 1 saturated heterocycles. The van der Waals surface area contributed by atoms with E-state index in [1.165, 1.54) is 24.0 Å². The van der Waals surface area contributed by atoms with E-state index in [1.807, 2.05) is 0 Å². The lowest BCUT2D eigenvalue weighted by Crippen LogP contribution is -2.29. The molecule has 1 N–H and O–H groups in total. The lowest BCUT2D eigenvalue weighted by atomic mass is 10.2. The van der Waals surface area contributed by atoms with Gasteiger partial charge in [-0.15, -0.1) is 0 Å². The normalized spacial score (nSPS) is 18.9. The van der Waals surface area contributed by atoms with Crippen molar-refractivity contribution in [2.75, 3.05) is 20.1 Å². The van der Waals surface area contributed by atoms with Crippen molar-refractivity contribution >= 4 is 16.1 Å². The molecule has 1 aliphatic rings. The molecule has 0 saturated carbocycles. The van der Waals surface area contributed by atoms with Crippen LogP contribution in [0.1, 0.15) is 12.0 Å². The van der Waals surface area contributed by atoms with E-state index < -0.39 is 21.9 Å². The molecule has 1 unspecified atom stereocenters. The van der Waals surface area contributed by atoms with Crippen LogP contribution in [0, 0.1) is 12.7 Å². The van der Waals surface area contributed by atoms with Gasteiger partial charge < -0.3 is 9.64 Å². The summed E-state index contributed by atoms with van der Waals surface area (Å²) in [6.07, 6.45) is -0.341. The van der Waals surface area contributed by atoms with Crippen molar-refractivity contribution < 1.29 is 22.3 Å². The lowest BCUT2D eigenvalue weighted by Gasteiger charge is -2.11. The number of hydrogen-bond donors (Lipinski definition) is 1. The summed E-state index contributed by atoms with van der Waals surface area (Å²) >= 11 is 0. The molecule has 1 fully saturated rings. The number of benzene rings is 1. The van der Waals surface area contributed by atoms with Crippen molar-refractivity contribution in [3.05, 3.63) is 29.6 Å². The number of cyclic esters (lactones) is 1. The number of carbonyl (C=O) groups is 1. The highest BCUT2D eigenvalue weighted by Crippen LogP contribution is 2.16. The number of likely N-dealkylation sites (N-methyl/N-ethyl adjacent to an activating group) is 1. The Kier molecular flexibility index (Phi) is 4.48. The summed E-state index contributed by atoms with van der Waals surface area (Å²) in [6.45, 7) is 2.12. The number of sulfonamides is 1. The van der Waals surface area contributed by atoms with Crippen LogP contribution in [0.25, 0.3) is 0 Å². The summed E-state index contributed by atoms with van der Waals surface area (Å²) in [5.41, 5.74) is 0.342. The van der Waals surface area contributed by atoms with Gasteiger partial charge >= 0.3 is 6.09 Å². The Balaban J connectivity index is 1.94. The molecule has 1 aromatic rings. The number of nitrogens with one attached hydrogen (secondary N) is 1. The van der Waals surface area contributed by atoms with Crippen molar-refractivity contribution in [3.63, 3.8) is 0 Å². The molecular formula is C13H17FN2O4S. The van der Waals surface area contributed by atoms with Crippen LogP contribution >= 0.6 is 0 Å². The van der Waals surface area contributed by atoms with Crippen LogP contribution in [0.5, 0.6) is 0 Å². The third-order valence-electron chi connectivity index (χ3n) is 3.24. The van der Waals surface area contributed by atoms with Crippen LogP contribution in [0.3, 0.4) is 0 Å². The number of nitrogens with zero attached hydrogens (tertiary/aromatic N) is 1. The van der Waals surface area contributed by atoms with Crippen LogP contribution in [-0.4, -0.2) is 45.7 Å². The molecule has 116 valence electrons. The smallest absolute Gasteiger partial charge is 0.409 e. The number of rotatable bonds is 5. The fourth-order valence-corrected chi connectivity index (χ4v) is 3.42. The molecule has 0 aromatic heterocycles. The zero-order chi connectivity index (χ0) is 15.6.